The van der Waals surface area contributed by atoms with Crippen LogP contribution in [-0.4, -0.2) is 52.7 Å². The van der Waals surface area contributed by atoms with E-state index in [1.165, 1.54) is 6.42 Å². The molecule has 0 spiro atoms. The summed E-state index contributed by atoms with van der Waals surface area (Å²) in [6.45, 7) is 8.94. The van der Waals surface area contributed by atoms with Gasteiger partial charge in [0.1, 0.15) is 5.60 Å². The standard InChI is InChI=1S/C13H24N2O2/c1-10(2)13(17)8-15(9-13)12(16)14-6-4-5-11(3)7-14/h10-11,17H,4-9H2,1-3H3. The molecule has 0 aromatic rings. The molecule has 2 heterocycles. The Balaban J connectivity index is 1.86. The number of hydrogen-bond acceptors (Lipinski definition) is 2. The van der Waals surface area contributed by atoms with Crippen LogP contribution in [0.15, 0.2) is 0 Å². The second-order valence-electron chi connectivity index (χ2n) is 6.09. The van der Waals surface area contributed by atoms with Crippen molar-refractivity contribution >= 4 is 6.03 Å². The van der Waals surface area contributed by atoms with Crippen LogP contribution in [0, 0.1) is 11.8 Å². The molecule has 2 amide bonds. The van der Waals surface area contributed by atoms with Gasteiger partial charge in [0.05, 0.1) is 13.1 Å². The predicted molar refractivity (Wildman–Crippen MR) is 66.7 cm³/mol. The van der Waals surface area contributed by atoms with Crippen LogP contribution >= 0.6 is 0 Å². The number of β-amino-alcohol motifs (C(OH)–C–C–N with tert-alkyl or cyclic N) is 1. The molecule has 0 saturated carbocycles. The highest BCUT2D eigenvalue weighted by molar-refractivity contribution is 5.76. The monoisotopic (exact) mass is 240 g/mol. The molecule has 0 bridgehead atoms. The normalized spacial score (nSPS) is 28.2. The molecule has 2 fully saturated rings. The fourth-order valence-corrected chi connectivity index (χ4v) is 2.68. The van der Waals surface area contributed by atoms with E-state index in [1.807, 2.05) is 18.7 Å². The number of carbonyl (C=O) groups excluding carboxylic acids is 1. The highest BCUT2D eigenvalue weighted by Crippen LogP contribution is 2.30. The minimum absolute atomic E-state index is 0.113. The quantitative estimate of drug-likeness (QED) is 0.755. The third kappa shape index (κ3) is 2.41. The Morgan fingerprint density at radius 3 is 2.53 bits per heavy atom. The van der Waals surface area contributed by atoms with Gasteiger partial charge in [-0.15, -0.1) is 0 Å². The number of amides is 2. The predicted octanol–water partition coefficient (Wildman–Crippen LogP) is 1.54. The fraction of sp³-hybridized carbons (Fsp3) is 0.923. The molecular weight excluding hydrogens is 216 g/mol. The molecule has 0 radical (unpaired) electrons. The molecule has 4 heteroatoms. The number of piperidine rings is 1. The van der Waals surface area contributed by atoms with Crippen molar-refractivity contribution in [2.45, 2.75) is 39.2 Å². The van der Waals surface area contributed by atoms with E-state index in [1.54, 1.807) is 4.90 Å². The molecule has 98 valence electrons. The van der Waals surface area contributed by atoms with Crippen molar-refractivity contribution < 1.29 is 9.90 Å². The van der Waals surface area contributed by atoms with E-state index in [-0.39, 0.29) is 11.9 Å². The van der Waals surface area contributed by atoms with Crippen LogP contribution in [0.25, 0.3) is 0 Å². The minimum Gasteiger partial charge on any atom is -0.386 e. The Bertz CT molecular complexity index is 298. The maximum Gasteiger partial charge on any atom is 0.320 e. The van der Waals surface area contributed by atoms with Gasteiger partial charge in [-0.05, 0) is 24.7 Å². The summed E-state index contributed by atoms with van der Waals surface area (Å²) in [6.07, 6.45) is 2.33. The van der Waals surface area contributed by atoms with Crippen molar-refractivity contribution in [3.63, 3.8) is 0 Å². The van der Waals surface area contributed by atoms with Crippen LogP contribution in [-0.2, 0) is 0 Å². The highest BCUT2D eigenvalue weighted by Gasteiger charge is 2.47. The molecule has 1 unspecified atom stereocenters. The smallest absolute Gasteiger partial charge is 0.320 e. The maximum atomic E-state index is 12.2. The number of carbonyl (C=O) groups is 1. The summed E-state index contributed by atoms with van der Waals surface area (Å²) in [5.41, 5.74) is -0.656. The second-order valence-corrected chi connectivity index (χ2v) is 6.09. The summed E-state index contributed by atoms with van der Waals surface area (Å²) in [4.78, 5) is 15.9. The number of likely N-dealkylation sites (tertiary alicyclic amines) is 2. The first-order valence-corrected chi connectivity index (χ1v) is 6.68. The van der Waals surface area contributed by atoms with E-state index in [4.69, 9.17) is 0 Å². The van der Waals surface area contributed by atoms with Gasteiger partial charge < -0.3 is 14.9 Å². The van der Waals surface area contributed by atoms with E-state index >= 15 is 0 Å². The van der Waals surface area contributed by atoms with Crippen molar-refractivity contribution in [2.24, 2.45) is 11.8 Å². The first-order chi connectivity index (χ1) is 7.92. The summed E-state index contributed by atoms with van der Waals surface area (Å²) in [5.74, 6) is 0.824. The Morgan fingerprint density at radius 1 is 1.35 bits per heavy atom. The van der Waals surface area contributed by atoms with E-state index in [0.717, 1.165) is 19.5 Å². The summed E-state index contributed by atoms with van der Waals surface area (Å²) in [5, 5.41) is 10.1. The largest absolute Gasteiger partial charge is 0.386 e. The number of nitrogens with zero attached hydrogens (tertiary/aromatic N) is 2. The first-order valence-electron chi connectivity index (χ1n) is 6.68. The molecule has 2 aliphatic heterocycles. The zero-order valence-corrected chi connectivity index (χ0v) is 11.1. The van der Waals surface area contributed by atoms with Crippen LogP contribution < -0.4 is 0 Å². The lowest BCUT2D eigenvalue weighted by atomic mass is 9.83. The van der Waals surface area contributed by atoms with Gasteiger partial charge in [-0.1, -0.05) is 20.8 Å². The summed E-state index contributed by atoms with van der Waals surface area (Å²) in [6, 6.07) is 0.113. The van der Waals surface area contributed by atoms with Crippen molar-refractivity contribution in [2.75, 3.05) is 26.2 Å². The lowest BCUT2D eigenvalue weighted by molar-refractivity contribution is -0.112. The van der Waals surface area contributed by atoms with E-state index in [2.05, 4.69) is 6.92 Å². The van der Waals surface area contributed by atoms with Gasteiger partial charge in [-0.3, -0.25) is 0 Å². The van der Waals surface area contributed by atoms with Crippen molar-refractivity contribution in [1.29, 1.82) is 0 Å². The summed E-state index contributed by atoms with van der Waals surface area (Å²) >= 11 is 0. The maximum absolute atomic E-state index is 12.2. The van der Waals surface area contributed by atoms with Gasteiger partial charge in [0, 0.05) is 13.1 Å². The molecule has 1 atom stereocenters. The SMILES string of the molecule is CC1CCCN(C(=O)N2CC(O)(C(C)C)C2)C1. The van der Waals surface area contributed by atoms with E-state index < -0.39 is 5.60 Å². The second kappa shape index (κ2) is 4.48. The van der Waals surface area contributed by atoms with Gasteiger partial charge >= 0.3 is 6.03 Å². The summed E-state index contributed by atoms with van der Waals surface area (Å²) < 4.78 is 0. The average Bonchev–Trinajstić information content (AvgIpc) is 2.23. The molecule has 2 saturated heterocycles. The van der Waals surface area contributed by atoms with Crippen LogP contribution in [0.5, 0.6) is 0 Å². The van der Waals surface area contributed by atoms with Gasteiger partial charge in [0.15, 0.2) is 0 Å². The number of rotatable bonds is 1. The van der Waals surface area contributed by atoms with Gasteiger partial charge in [0.2, 0.25) is 0 Å². The average molecular weight is 240 g/mol. The lowest BCUT2D eigenvalue weighted by Crippen LogP contribution is -2.68. The van der Waals surface area contributed by atoms with Crippen molar-refractivity contribution in [3.05, 3.63) is 0 Å². The van der Waals surface area contributed by atoms with Crippen LogP contribution in [0.4, 0.5) is 4.79 Å². The number of urea groups is 1. The topological polar surface area (TPSA) is 43.8 Å². The van der Waals surface area contributed by atoms with Crippen LogP contribution in [0.3, 0.4) is 0 Å². The Labute approximate surface area is 104 Å². The van der Waals surface area contributed by atoms with E-state index in [9.17, 15) is 9.90 Å². The molecule has 1 N–H and O–H groups in total. The van der Waals surface area contributed by atoms with Gasteiger partial charge in [0.25, 0.3) is 0 Å². The molecule has 0 aromatic heterocycles. The van der Waals surface area contributed by atoms with E-state index in [0.29, 0.717) is 19.0 Å². The Hall–Kier alpha value is -0.770. The molecule has 0 aliphatic carbocycles. The minimum atomic E-state index is -0.656. The van der Waals surface area contributed by atoms with Crippen LogP contribution in [0.1, 0.15) is 33.6 Å². The highest BCUT2D eigenvalue weighted by atomic mass is 16.3. The summed E-state index contributed by atoms with van der Waals surface area (Å²) in [7, 11) is 0. The Kier molecular flexibility index (Phi) is 3.34. The molecule has 17 heavy (non-hydrogen) atoms. The van der Waals surface area contributed by atoms with Crippen molar-refractivity contribution in [1.82, 2.24) is 9.80 Å². The molecule has 2 rings (SSSR count). The molecular formula is C13H24N2O2. The number of aliphatic hydroxyl groups is 1. The molecule has 4 nitrogen and oxygen atoms in total. The van der Waals surface area contributed by atoms with Crippen molar-refractivity contribution in [3.8, 4) is 0 Å². The lowest BCUT2D eigenvalue weighted by Gasteiger charge is -2.50. The molecule has 2 aliphatic rings. The third-order valence-corrected chi connectivity index (χ3v) is 4.20. The van der Waals surface area contributed by atoms with Crippen LogP contribution in [0.2, 0.25) is 0 Å². The first kappa shape index (κ1) is 12.7. The Morgan fingerprint density at radius 2 is 2.00 bits per heavy atom. The zero-order valence-electron chi connectivity index (χ0n) is 11.1. The zero-order chi connectivity index (χ0) is 12.6. The molecule has 0 aromatic carbocycles. The van der Waals surface area contributed by atoms with Gasteiger partial charge in [-0.25, -0.2) is 4.79 Å². The fourth-order valence-electron chi connectivity index (χ4n) is 2.68. The number of hydrogen-bond donors (Lipinski definition) is 1. The van der Waals surface area contributed by atoms with Gasteiger partial charge in [-0.2, -0.15) is 0 Å². The third-order valence-electron chi connectivity index (χ3n) is 4.20.